The number of benzene rings is 2. The van der Waals surface area contributed by atoms with Crippen LogP contribution in [0.2, 0.25) is 0 Å². The Labute approximate surface area is 78.1 Å². The summed E-state index contributed by atoms with van der Waals surface area (Å²) in [5.41, 5.74) is 0. The first-order chi connectivity index (χ1) is 6.38. The van der Waals surface area contributed by atoms with Gasteiger partial charge in [0.2, 0.25) is 0 Å². The molecule has 1 unspecified atom stereocenters. The highest BCUT2D eigenvalue weighted by Crippen LogP contribution is 2.11. The quantitative estimate of drug-likeness (QED) is 0.653. The Morgan fingerprint density at radius 1 is 0.846 bits per heavy atom. The first-order valence-electron chi connectivity index (χ1n) is 3.83. The first kappa shape index (κ1) is 9.85. The Kier molecular flexibility index (Phi) is 4.10. The average Bonchev–Trinajstić information content (AvgIpc) is 2.19. The van der Waals surface area contributed by atoms with Crippen molar-refractivity contribution in [3.8, 4) is 0 Å². The van der Waals surface area contributed by atoms with Crippen molar-refractivity contribution in [3.63, 3.8) is 0 Å². The molecule has 66 valence electrons. The smallest absolute Gasteiger partial charge is 0.162 e. The molecule has 0 amide bonds. The third kappa shape index (κ3) is 2.94. The van der Waals surface area contributed by atoms with Gasteiger partial charge in [-0.05, 0) is 15.3 Å². The summed E-state index contributed by atoms with van der Waals surface area (Å²) in [6.45, 7) is 0. The second-order valence-corrected chi connectivity index (χ2v) is 2.62. The van der Waals surface area contributed by atoms with Crippen molar-refractivity contribution in [1.29, 1.82) is 0 Å². The summed E-state index contributed by atoms with van der Waals surface area (Å²) in [6, 6.07) is 16.7. The summed E-state index contributed by atoms with van der Waals surface area (Å²) in [4.78, 5) is 7.04. The SMILES string of the molecule is O=[PH+]O.c1ccc2ccccc2c1. The van der Waals surface area contributed by atoms with Gasteiger partial charge in [0, 0.05) is 0 Å². The molecule has 0 fully saturated rings. The molecule has 13 heavy (non-hydrogen) atoms. The molecule has 2 aromatic rings. The minimum absolute atomic E-state index is 1.17. The molecule has 0 aromatic heterocycles. The van der Waals surface area contributed by atoms with Crippen LogP contribution in [0.3, 0.4) is 0 Å². The van der Waals surface area contributed by atoms with E-state index in [4.69, 9.17) is 9.46 Å². The third-order valence-electron chi connectivity index (χ3n) is 1.66. The summed E-state index contributed by atoms with van der Waals surface area (Å²) in [7, 11) is -1.17. The lowest BCUT2D eigenvalue weighted by Gasteiger charge is -1.92. The van der Waals surface area contributed by atoms with Crippen LogP contribution in [0.4, 0.5) is 0 Å². The molecule has 1 atom stereocenters. The number of fused-ring (bicyclic) bond motifs is 1. The molecule has 0 spiro atoms. The third-order valence-corrected chi connectivity index (χ3v) is 1.66. The molecule has 0 saturated heterocycles. The summed E-state index contributed by atoms with van der Waals surface area (Å²) < 4.78 is 8.51. The fraction of sp³-hybridized carbons (Fsp3) is 0. The van der Waals surface area contributed by atoms with Crippen LogP contribution in [0.15, 0.2) is 48.5 Å². The van der Waals surface area contributed by atoms with Crippen LogP contribution in [0.25, 0.3) is 10.8 Å². The minimum atomic E-state index is -1.17. The maximum Gasteiger partial charge on any atom is 0.491 e. The van der Waals surface area contributed by atoms with Crippen LogP contribution >= 0.6 is 8.69 Å². The lowest BCUT2D eigenvalue weighted by Crippen LogP contribution is -1.67. The van der Waals surface area contributed by atoms with Gasteiger partial charge in [-0.3, -0.25) is 0 Å². The molecule has 0 aliphatic carbocycles. The van der Waals surface area contributed by atoms with E-state index in [-0.39, 0.29) is 0 Å². The van der Waals surface area contributed by atoms with Gasteiger partial charge in [0.25, 0.3) is 0 Å². The van der Waals surface area contributed by atoms with Crippen LogP contribution in [-0.2, 0) is 4.57 Å². The highest BCUT2D eigenvalue weighted by Gasteiger charge is 1.85. The van der Waals surface area contributed by atoms with E-state index in [1.54, 1.807) is 0 Å². The van der Waals surface area contributed by atoms with E-state index in [9.17, 15) is 0 Å². The Morgan fingerprint density at radius 2 is 1.08 bits per heavy atom. The first-order valence-corrected chi connectivity index (χ1v) is 4.69. The molecule has 0 bridgehead atoms. The summed E-state index contributed by atoms with van der Waals surface area (Å²) in [6.07, 6.45) is 0. The zero-order chi connectivity index (χ0) is 9.52. The molecular weight excluding hydrogens is 183 g/mol. The van der Waals surface area contributed by atoms with Gasteiger partial charge >= 0.3 is 8.69 Å². The van der Waals surface area contributed by atoms with Gasteiger partial charge in [-0.1, -0.05) is 48.5 Å². The van der Waals surface area contributed by atoms with Gasteiger partial charge in [-0.2, -0.15) is 4.89 Å². The molecule has 1 N–H and O–H groups in total. The molecule has 0 aliphatic rings. The fourth-order valence-corrected chi connectivity index (χ4v) is 1.13. The van der Waals surface area contributed by atoms with Gasteiger partial charge in [0.15, 0.2) is 0 Å². The summed E-state index contributed by atoms with van der Waals surface area (Å²) in [5, 5.41) is 2.62. The van der Waals surface area contributed by atoms with Crippen molar-refractivity contribution in [2.75, 3.05) is 0 Å². The largest absolute Gasteiger partial charge is 0.491 e. The van der Waals surface area contributed by atoms with Gasteiger partial charge in [0.05, 0.1) is 0 Å². The van der Waals surface area contributed by atoms with E-state index in [0.717, 1.165) is 0 Å². The summed E-state index contributed by atoms with van der Waals surface area (Å²) in [5.74, 6) is 0. The monoisotopic (exact) mass is 193 g/mol. The molecule has 0 radical (unpaired) electrons. The van der Waals surface area contributed by atoms with Crippen molar-refractivity contribution in [2.24, 2.45) is 0 Å². The van der Waals surface area contributed by atoms with Crippen LogP contribution in [-0.4, -0.2) is 4.89 Å². The second-order valence-electron chi connectivity index (χ2n) is 2.44. The van der Waals surface area contributed by atoms with Crippen LogP contribution in [0.5, 0.6) is 0 Å². The minimum Gasteiger partial charge on any atom is -0.162 e. The Bertz CT molecular complexity index is 322. The predicted octanol–water partition coefficient (Wildman–Crippen LogP) is 2.76. The van der Waals surface area contributed by atoms with Crippen LogP contribution < -0.4 is 0 Å². The van der Waals surface area contributed by atoms with Gasteiger partial charge in [0.1, 0.15) is 0 Å². The van der Waals surface area contributed by atoms with Crippen molar-refractivity contribution in [2.45, 2.75) is 0 Å². The molecule has 2 nitrogen and oxygen atoms in total. The van der Waals surface area contributed by atoms with Crippen molar-refractivity contribution in [1.82, 2.24) is 0 Å². The number of hydrogen-bond donors (Lipinski definition) is 1. The molecule has 0 saturated carbocycles. The topological polar surface area (TPSA) is 37.3 Å². The van der Waals surface area contributed by atoms with E-state index in [1.807, 2.05) is 0 Å². The lowest BCUT2D eigenvalue weighted by atomic mass is 10.1. The highest BCUT2D eigenvalue weighted by molar-refractivity contribution is 7.16. The van der Waals surface area contributed by atoms with E-state index >= 15 is 0 Å². The highest BCUT2D eigenvalue weighted by atomic mass is 31.1. The maximum atomic E-state index is 8.51. The van der Waals surface area contributed by atoms with E-state index in [1.165, 1.54) is 10.8 Å². The molecular formula is C10H10O2P+. The van der Waals surface area contributed by atoms with Gasteiger partial charge in [-0.15, -0.1) is 0 Å². The normalized spacial score (nSPS) is 9.31. The predicted molar refractivity (Wildman–Crippen MR) is 55.2 cm³/mol. The Morgan fingerprint density at radius 3 is 1.31 bits per heavy atom. The van der Waals surface area contributed by atoms with Crippen molar-refractivity contribution >= 4 is 19.5 Å². The standard InChI is InChI=1S/C10H8.HO2P/c1-2-6-10-8-4-3-7-9(10)5-1;1-3-2/h1-8H;3H/p+1. The second kappa shape index (κ2) is 5.41. The molecule has 0 heterocycles. The number of hydrogen-bond acceptors (Lipinski definition) is 1. The Balaban J connectivity index is 0.000000251. The zero-order valence-electron chi connectivity index (χ0n) is 6.97. The van der Waals surface area contributed by atoms with E-state index in [2.05, 4.69) is 48.5 Å². The van der Waals surface area contributed by atoms with Crippen molar-refractivity contribution in [3.05, 3.63) is 48.5 Å². The maximum absolute atomic E-state index is 8.51. The van der Waals surface area contributed by atoms with Crippen molar-refractivity contribution < 1.29 is 9.46 Å². The fourth-order valence-electron chi connectivity index (χ4n) is 1.13. The molecule has 2 rings (SSSR count). The molecule has 2 aromatic carbocycles. The Hall–Kier alpha value is -1.24. The lowest BCUT2D eigenvalue weighted by molar-refractivity contribution is 0.524. The average molecular weight is 193 g/mol. The van der Waals surface area contributed by atoms with Crippen LogP contribution in [0.1, 0.15) is 0 Å². The van der Waals surface area contributed by atoms with E-state index in [0.29, 0.717) is 0 Å². The van der Waals surface area contributed by atoms with Crippen LogP contribution in [0, 0.1) is 0 Å². The van der Waals surface area contributed by atoms with E-state index < -0.39 is 8.69 Å². The molecule has 0 aliphatic heterocycles. The number of rotatable bonds is 0. The summed E-state index contributed by atoms with van der Waals surface area (Å²) >= 11 is 0. The van der Waals surface area contributed by atoms with Gasteiger partial charge < -0.3 is 0 Å². The molecule has 3 heteroatoms. The zero-order valence-corrected chi connectivity index (χ0v) is 7.97. The van der Waals surface area contributed by atoms with Gasteiger partial charge in [-0.25, -0.2) is 0 Å².